The number of amides is 1. The summed E-state index contributed by atoms with van der Waals surface area (Å²) in [4.78, 5) is 14.6. The number of carbonyl (C=O) groups is 1. The van der Waals surface area contributed by atoms with Crippen LogP contribution in [0.4, 0.5) is 0 Å². The van der Waals surface area contributed by atoms with Crippen LogP contribution in [-0.4, -0.2) is 41.4 Å². The van der Waals surface area contributed by atoms with E-state index in [-0.39, 0.29) is 5.91 Å². The minimum Gasteiger partial charge on any atom is -0.493 e. The van der Waals surface area contributed by atoms with Gasteiger partial charge in [0.05, 0.1) is 36.7 Å². The van der Waals surface area contributed by atoms with Gasteiger partial charge >= 0.3 is 0 Å². The van der Waals surface area contributed by atoms with Gasteiger partial charge in [-0.05, 0) is 30.7 Å². The number of ether oxygens (including phenoxy) is 2. The summed E-state index contributed by atoms with van der Waals surface area (Å²) in [7, 11) is 3.34. The molecule has 0 bridgehead atoms. The fourth-order valence-electron chi connectivity index (χ4n) is 3.87. The van der Waals surface area contributed by atoms with Gasteiger partial charge in [-0.25, -0.2) is 4.68 Å². The maximum Gasteiger partial charge on any atom is 0.222 e. The number of para-hydroxylation sites is 1. The Labute approximate surface area is 211 Å². The molecule has 4 aromatic rings. The number of rotatable bonds is 10. The molecule has 182 valence electrons. The molecule has 0 radical (unpaired) electrons. The Kier molecular flexibility index (Phi) is 7.99. The van der Waals surface area contributed by atoms with Crippen molar-refractivity contribution in [3.05, 3.63) is 96.2 Å². The summed E-state index contributed by atoms with van der Waals surface area (Å²) >= 11 is 0. The second-order valence-electron chi connectivity index (χ2n) is 8.33. The largest absolute Gasteiger partial charge is 0.493 e. The smallest absolute Gasteiger partial charge is 0.222 e. The number of aromatic nitrogens is 2. The topological polar surface area (TPSA) is 80.4 Å². The fraction of sp³-hybridized carbons (Fsp3) is 0.207. The molecule has 1 amide bonds. The fourth-order valence-corrected chi connectivity index (χ4v) is 3.87. The van der Waals surface area contributed by atoms with E-state index in [4.69, 9.17) is 19.8 Å². The normalized spacial score (nSPS) is 10.5. The van der Waals surface area contributed by atoms with Crippen molar-refractivity contribution in [1.29, 1.82) is 5.26 Å². The molecule has 7 nitrogen and oxygen atoms in total. The Morgan fingerprint density at radius 1 is 1.03 bits per heavy atom. The van der Waals surface area contributed by atoms with Gasteiger partial charge in [0.2, 0.25) is 5.91 Å². The third kappa shape index (κ3) is 5.91. The Balaban J connectivity index is 1.39. The van der Waals surface area contributed by atoms with Crippen molar-refractivity contribution < 1.29 is 14.3 Å². The van der Waals surface area contributed by atoms with E-state index in [1.54, 1.807) is 23.1 Å². The van der Waals surface area contributed by atoms with Crippen LogP contribution in [0.5, 0.6) is 11.5 Å². The number of hydrogen-bond donors (Lipinski definition) is 0. The number of benzene rings is 3. The molecule has 3 aromatic carbocycles. The molecule has 0 aliphatic heterocycles. The summed E-state index contributed by atoms with van der Waals surface area (Å²) in [6.45, 7) is 0.809. The van der Waals surface area contributed by atoms with Gasteiger partial charge in [-0.1, -0.05) is 48.5 Å². The molecule has 0 saturated carbocycles. The molecule has 0 N–H and O–H groups in total. The van der Waals surface area contributed by atoms with E-state index in [1.807, 2.05) is 78.6 Å². The number of nitrogens with zero attached hydrogens (tertiary/aromatic N) is 4. The minimum absolute atomic E-state index is 0.0249. The molecule has 1 heterocycles. The second kappa shape index (κ2) is 11.7. The molecule has 36 heavy (non-hydrogen) atoms. The number of nitriles is 1. The van der Waals surface area contributed by atoms with Crippen molar-refractivity contribution in [2.24, 2.45) is 0 Å². The van der Waals surface area contributed by atoms with Gasteiger partial charge < -0.3 is 14.4 Å². The van der Waals surface area contributed by atoms with Crippen LogP contribution in [0.25, 0.3) is 16.9 Å². The first-order chi connectivity index (χ1) is 17.6. The van der Waals surface area contributed by atoms with E-state index in [1.165, 1.54) is 7.11 Å². The number of methoxy groups -OCH3 is 1. The highest BCUT2D eigenvalue weighted by molar-refractivity contribution is 5.76. The van der Waals surface area contributed by atoms with Crippen molar-refractivity contribution in [2.45, 2.75) is 19.4 Å². The lowest BCUT2D eigenvalue weighted by Gasteiger charge is -2.17. The van der Waals surface area contributed by atoms with Crippen LogP contribution in [0.1, 0.15) is 24.0 Å². The summed E-state index contributed by atoms with van der Waals surface area (Å²) in [5.74, 6) is 1.08. The van der Waals surface area contributed by atoms with Gasteiger partial charge in [0.15, 0.2) is 11.5 Å². The first-order valence-corrected chi connectivity index (χ1v) is 11.7. The van der Waals surface area contributed by atoms with Crippen molar-refractivity contribution in [2.75, 3.05) is 20.8 Å². The van der Waals surface area contributed by atoms with Gasteiger partial charge in [0.1, 0.15) is 0 Å². The maximum atomic E-state index is 12.9. The molecule has 0 atom stereocenters. The SMILES string of the molecule is COc1cc(C#N)ccc1OCCCC(=O)N(C)Cc1cn(-c2ccccc2)nc1-c1ccccc1. The maximum absolute atomic E-state index is 12.9. The first-order valence-electron chi connectivity index (χ1n) is 11.7. The zero-order valence-electron chi connectivity index (χ0n) is 20.4. The Bertz CT molecular complexity index is 1340. The molecule has 0 spiro atoms. The van der Waals surface area contributed by atoms with Crippen LogP contribution in [0, 0.1) is 11.3 Å². The third-order valence-corrected chi connectivity index (χ3v) is 5.78. The van der Waals surface area contributed by atoms with Gasteiger partial charge in [-0.2, -0.15) is 10.4 Å². The predicted molar refractivity (Wildman–Crippen MR) is 138 cm³/mol. The first kappa shape index (κ1) is 24.6. The molecular weight excluding hydrogens is 452 g/mol. The average molecular weight is 481 g/mol. The van der Waals surface area contributed by atoms with Crippen LogP contribution in [0.3, 0.4) is 0 Å². The summed E-state index contributed by atoms with van der Waals surface area (Å²) < 4.78 is 12.9. The average Bonchev–Trinajstić information content (AvgIpc) is 3.35. The van der Waals surface area contributed by atoms with E-state index in [0.717, 1.165) is 22.5 Å². The summed E-state index contributed by atoms with van der Waals surface area (Å²) in [6, 6.07) is 27.0. The quantitative estimate of drug-likeness (QED) is 0.290. The zero-order chi connectivity index (χ0) is 25.3. The highest BCUT2D eigenvalue weighted by Crippen LogP contribution is 2.28. The Morgan fingerprint density at radius 2 is 1.75 bits per heavy atom. The zero-order valence-corrected chi connectivity index (χ0v) is 20.4. The number of carbonyl (C=O) groups excluding carboxylic acids is 1. The minimum atomic E-state index is 0.0249. The van der Waals surface area contributed by atoms with E-state index < -0.39 is 0 Å². The monoisotopic (exact) mass is 480 g/mol. The Morgan fingerprint density at radius 3 is 2.44 bits per heavy atom. The molecule has 0 saturated heterocycles. The lowest BCUT2D eigenvalue weighted by atomic mass is 10.1. The second-order valence-corrected chi connectivity index (χ2v) is 8.33. The molecule has 1 aromatic heterocycles. The van der Waals surface area contributed by atoms with E-state index in [9.17, 15) is 4.79 Å². The van der Waals surface area contributed by atoms with Crippen LogP contribution in [-0.2, 0) is 11.3 Å². The van der Waals surface area contributed by atoms with E-state index in [2.05, 4.69) is 6.07 Å². The van der Waals surface area contributed by atoms with Gasteiger partial charge in [0, 0.05) is 43.4 Å². The van der Waals surface area contributed by atoms with Gasteiger partial charge in [-0.3, -0.25) is 4.79 Å². The standard InChI is InChI=1S/C29H28N4O3/c1-32(28(34)14-9-17-36-26-16-15-22(19-30)18-27(26)35-2)20-24-21-33(25-12-7-4-8-13-25)31-29(24)23-10-5-3-6-11-23/h3-8,10-13,15-16,18,21H,9,14,17,20H2,1-2H3. The van der Waals surface area contributed by atoms with Crippen molar-refractivity contribution >= 4 is 5.91 Å². The summed E-state index contributed by atoms with van der Waals surface area (Å²) in [5.41, 5.74) is 4.30. The van der Waals surface area contributed by atoms with Crippen LogP contribution in [0.2, 0.25) is 0 Å². The van der Waals surface area contributed by atoms with Crippen LogP contribution in [0.15, 0.2) is 85.1 Å². The highest BCUT2D eigenvalue weighted by atomic mass is 16.5. The van der Waals surface area contributed by atoms with Crippen molar-refractivity contribution in [3.8, 4) is 34.5 Å². The van der Waals surface area contributed by atoms with Gasteiger partial charge in [-0.15, -0.1) is 0 Å². The van der Waals surface area contributed by atoms with Crippen LogP contribution >= 0.6 is 0 Å². The molecular formula is C29H28N4O3. The Hall–Kier alpha value is -4.57. The highest BCUT2D eigenvalue weighted by Gasteiger charge is 2.17. The van der Waals surface area contributed by atoms with E-state index >= 15 is 0 Å². The summed E-state index contributed by atoms with van der Waals surface area (Å²) in [6.07, 6.45) is 2.89. The van der Waals surface area contributed by atoms with Crippen LogP contribution < -0.4 is 9.47 Å². The molecule has 0 unspecified atom stereocenters. The molecule has 0 fully saturated rings. The molecule has 0 aliphatic rings. The number of hydrogen-bond acceptors (Lipinski definition) is 5. The molecule has 4 rings (SSSR count). The predicted octanol–water partition coefficient (Wildman–Crippen LogP) is 5.24. The van der Waals surface area contributed by atoms with Gasteiger partial charge in [0.25, 0.3) is 0 Å². The third-order valence-electron chi connectivity index (χ3n) is 5.78. The van der Waals surface area contributed by atoms with Crippen molar-refractivity contribution in [1.82, 2.24) is 14.7 Å². The lowest BCUT2D eigenvalue weighted by molar-refractivity contribution is -0.130. The molecule has 7 heteroatoms. The molecule has 0 aliphatic carbocycles. The summed E-state index contributed by atoms with van der Waals surface area (Å²) in [5, 5.41) is 13.9. The van der Waals surface area contributed by atoms with E-state index in [0.29, 0.717) is 43.1 Å². The lowest BCUT2D eigenvalue weighted by Crippen LogP contribution is -2.26. The van der Waals surface area contributed by atoms with Crippen molar-refractivity contribution in [3.63, 3.8) is 0 Å².